The first-order valence-electron chi connectivity index (χ1n) is 12.2. The Kier molecular flexibility index (Phi) is 8.40. The standard InChI is InChI=1S/C27H30BrN3O5/c1-4-35-27(33)17(2)36-23-13-10-18(14-24(23)34-3)16-29-31-25(19-8-6-5-7-9-19)30-22-12-11-20(28)15-21(22)26(31)32/h10-17,19H,4-9H2,1-3H3/t17-/m0/s1. The van der Waals surface area contributed by atoms with E-state index in [0.29, 0.717) is 33.8 Å². The Morgan fingerprint density at radius 3 is 2.69 bits per heavy atom. The van der Waals surface area contributed by atoms with E-state index in [2.05, 4.69) is 21.0 Å². The van der Waals surface area contributed by atoms with Gasteiger partial charge in [0.15, 0.2) is 17.6 Å². The fourth-order valence-corrected chi connectivity index (χ4v) is 4.75. The number of hydrogen-bond acceptors (Lipinski definition) is 7. The predicted molar refractivity (Wildman–Crippen MR) is 142 cm³/mol. The van der Waals surface area contributed by atoms with Crippen molar-refractivity contribution in [1.29, 1.82) is 0 Å². The molecule has 1 aliphatic carbocycles. The predicted octanol–water partition coefficient (Wildman–Crippen LogP) is 5.43. The number of methoxy groups -OCH3 is 1. The second-order valence-corrected chi connectivity index (χ2v) is 9.67. The molecule has 1 atom stereocenters. The van der Waals surface area contributed by atoms with E-state index in [4.69, 9.17) is 19.2 Å². The van der Waals surface area contributed by atoms with E-state index in [0.717, 1.165) is 30.2 Å². The maximum atomic E-state index is 13.5. The van der Waals surface area contributed by atoms with E-state index in [-0.39, 0.29) is 18.1 Å². The summed E-state index contributed by atoms with van der Waals surface area (Å²) < 4.78 is 18.4. The van der Waals surface area contributed by atoms with Gasteiger partial charge in [-0.3, -0.25) is 4.79 Å². The van der Waals surface area contributed by atoms with Gasteiger partial charge in [0.1, 0.15) is 5.82 Å². The van der Waals surface area contributed by atoms with Crippen molar-refractivity contribution in [2.45, 2.75) is 58.0 Å². The largest absolute Gasteiger partial charge is 0.493 e. The van der Waals surface area contributed by atoms with Gasteiger partial charge < -0.3 is 14.2 Å². The van der Waals surface area contributed by atoms with Crippen LogP contribution in [0.1, 0.15) is 63.3 Å². The molecule has 0 spiro atoms. The van der Waals surface area contributed by atoms with Gasteiger partial charge in [0.25, 0.3) is 5.56 Å². The fourth-order valence-electron chi connectivity index (χ4n) is 4.39. The number of carbonyl (C=O) groups is 1. The summed E-state index contributed by atoms with van der Waals surface area (Å²) in [6.07, 6.45) is 6.24. The first-order valence-corrected chi connectivity index (χ1v) is 13.0. The van der Waals surface area contributed by atoms with E-state index in [1.807, 2.05) is 12.1 Å². The molecule has 8 nitrogen and oxygen atoms in total. The van der Waals surface area contributed by atoms with Crippen LogP contribution in [0.5, 0.6) is 11.5 Å². The third-order valence-electron chi connectivity index (χ3n) is 6.24. The molecule has 0 N–H and O–H groups in total. The molecule has 1 aromatic heterocycles. The smallest absolute Gasteiger partial charge is 0.347 e. The number of nitrogens with zero attached hydrogens (tertiary/aromatic N) is 3. The van der Waals surface area contributed by atoms with Gasteiger partial charge in [-0.25, -0.2) is 9.78 Å². The lowest BCUT2D eigenvalue weighted by atomic mass is 9.88. The summed E-state index contributed by atoms with van der Waals surface area (Å²) in [5, 5.41) is 5.09. The summed E-state index contributed by atoms with van der Waals surface area (Å²) in [6, 6.07) is 10.8. The van der Waals surface area contributed by atoms with Crippen LogP contribution in [0.25, 0.3) is 10.9 Å². The van der Waals surface area contributed by atoms with Crippen molar-refractivity contribution in [3.8, 4) is 11.5 Å². The second kappa shape index (κ2) is 11.7. The monoisotopic (exact) mass is 555 g/mol. The number of halogens is 1. The van der Waals surface area contributed by atoms with Crippen LogP contribution in [-0.4, -0.2) is 41.7 Å². The lowest BCUT2D eigenvalue weighted by Gasteiger charge is -2.22. The number of ether oxygens (including phenoxy) is 3. The molecular formula is C27H30BrN3O5. The molecule has 2 aromatic carbocycles. The maximum Gasteiger partial charge on any atom is 0.347 e. The quantitative estimate of drug-likeness (QED) is 0.272. The van der Waals surface area contributed by atoms with Gasteiger partial charge >= 0.3 is 5.97 Å². The average Bonchev–Trinajstić information content (AvgIpc) is 2.89. The number of fused-ring (bicyclic) bond motifs is 1. The molecule has 0 saturated heterocycles. The molecule has 36 heavy (non-hydrogen) atoms. The molecular weight excluding hydrogens is 526 g/mol. The highest BCUT2D eigenvalue weighted by Crippen LogP contribution is 2.32. The van der Waals surface area contributed by atoms with Crippen LogP contribution in [0.3, 0.4) is 0 Å². The van der Waals surface area contributed by atoms with Crippen molar-refractivity contribution in [2.75, 3.05) is 13.7 Å². The van der Waals surface area contributed by atoms with Crippen LogP contribution in [-0.2, 0) is 9.53 Å². The highest BCUT2D eigenvalue weighted by Gasteiger charge is 2.23. The van der Waals surface area contributed by atoms with E-state index >= 15 is 0 Å². The third kappa shape index (κ3) is 5.78. The van der Waals surface area contributed by atoms with Gasteiger partial charge in [0.05, 0.1) is 30.8 Å². The lowest BCUT2D eigenvalue weighted by Crippen LogP contribution is -2.26. The molecule has 0 aliphatic heterocycles. The first kappa shape index (κ1) is 25.9. The molecule has 0 amide bonds. The summed E-state index contributed by atoms with van der Waals surface area (Å²) in [4.78, 5) is 30.3. The SMILES string of the molecule is CCOC(=O)[C@H](C)Oc1ccc(C=Nn2c(C3CCCCC3)nc3ccc(Br)cc3c2=O)cc1OC. The summed E-state index contributed by atoms with van der Waals surface area (Å²) >= 11 is 3.45. The zero-order valence-electron chi connectivity index (χ0n) is 20.7. The van der Waals surface area contributed by atoms with E-state index in [9.17, 15) is 9.59 Å². The van der Waals surface area contributed by atoms with Crippen molar-refractivity contribution in [2.24, 2.45) is 5.10 Å². The van der Waals surface area contributed by atoms with Crippen molar-refractivity contribution >= 4 is 39.0 Å². The minimum Gasteiger partial charge on any atom is -0.493 e. The van der Waals surface area contributed by atoms with Crippen molar-refractivity contribution in [3.05, 3.63) is 62.6 Å². The van der Waals surface area contributed by atoms with Crippen LogP contribution in [0.4, 0.5) is 0 Å². The van der Waals surface area contributed by atoms with E-state index in [1.165, 1.54) is 18.2 Å². The number of aromatic nitrogens is 2. The Morgan fingerprint density at radius 2 is 1.97 bits per heavy atom. The van der Waals surface area contributed by atoms with Gasteiger partial charge in [0.2, 0.25) is 0 Å². The van der Waals surface area contributed by atoms with Gasteiger partial charge in [-0.15, -0.1) is 0 Å². The molecule has 1 fully saturated rings. The third-order valence-corrected chi connectivity index (χ3v) is 6.73. The molecule has 1 saturated carbocycles. The molecule has 0 unspecified atom stereocenters. The Bertz CT molecular complexity index is 1330. The molecule has 0 bridgehead atoms. The van der Waals surface area contributed by atoms with Crippen molar-refractivity contribution < 1.29 is 19.0 Å². The Hall–Kier alpha value is -3.20. The first-order chi connectivity index (χ1) is 17.4. The Morgan fingerprint density at radius 1 is 1.19 bits per heavy atom. The van der Waals surface area contributed by atoms with E-state index in [1.54, 1.807) is 44.3 Å². The normalized spacial score (nSPS) is 15.2. The lowest BCUT2D eigenvalue weighted by molar-refractivity contribution is -0.150. The molecule has 0 radical (unpaired) electrons. The zero-order chi connectivity index (χ0) is 25.7. The number of benzene rings is 2. The molecule has 4 rings (SSSR count). The van der Waals surface area contributed by atoms with Gasteiger partial charge in [-0.2, -0.15) is 9.78 Å². The minimum absolute atomic E-state index is 0.186. The molecule has 190 valence electrons. The molecule has 1 heterocycles. The average molecular weight is 556 g/mol. The molecule has 3 aromatic rings. The summed E-state index contributed by atoms with van der Waals surface area (Å²) in [5.74, 6) is 1.28. The number of carbonyl (C=O) groups excluding carboxylic acids is 1. The van der Waals surface area contributed by atoms with Crippen LogP contribution in [0, 0.1) is 0 Å². The topological polar surface area (TPSA) is 92.0 Å². The fraction of sp³-hybridized carbons (Fsp3) is 0.407. The molecule has 1 aliphatic rings. The van der Waals surface area contributed by atoms with Crippen LogP contribution in [0.15, 0.2) is 50.8 Å². The number of esters is 1. The molecule has 9 heteroatoms. The van der Waals surface area contributed by atoms with Gasteiger partial charge in [-0.05, 0) is 68.7 Å². The van der Waals surface area contributed by atoms with E-state index < -0.39 is 12.1 Å². The van der Waals surface area contributed by atoms with Crippen LogP contribution in [0.2, 0.25) is 0 Å². The maximum absolute atomic E-state index is 13.5. The van der Waals surface area contributed by atoms with Crippen LogP contribution < -0.4 is 15.0 Å². The summed E-state index contributed by atoms with van der Waals surface area (Å²) in [5.41, 5.74) is 1.18. The Labute approximate surface area is 218 Å². The Balaban J connectivity index is 1.69. The van der Waals surface area contributed by atoms with Gasteiger partial charge in [0, 0.05) is 10.4 Å². The number of rotatable bonds is 8. The minimum atomic E-state index is -0.780. The van der Waals surface area contributed by atoms with Crippen LogP contribution >= 0.6 is 15.9 Å². The number of hydrogen-bond donors (Lipinski definition) is 0. The summed E-state index contributed by atoms with van der Waals surface area (Å²) in [6.45, 7) is 3.65. The summed E-state index contributed by atoms with van der Waals surface area (Å²) in [7, 11) is 1.52. The zero-order valence-corrected chi connectivity index (χ0v) is 22.3. The highest BCUT2D eigenvalue weighted by molar-refractivity contribution is 9.10. The van der Waals surface area contributed by atoms with Crippen molar-refractivity contribution in [3.63, 3.8) is 0 Å². The highest BCUT2D eigenvalue weighted by atomic mass is 79.9. The van der Waals surface area contributed by atoms with Crippen molar-refractivity contribution in [1.82, 2.24) is 9.66 Å². The van der Waals surface area contributed by atoms with Gasteiger partial charge in [-0.1, -0.05) is 35.2 Å². The second-order valence-electron chi connectivity index (χ2n) is 8.75.